The summed E-state index contributed by atoms with van der Waals surface area (Å²) in [5.41, 5.74) is 4.73. The maximum Gasteiger partial charge on any atom is 0.325 e. The van der Waals surface area contributed by atoms with Crippen LogP contribution in [0.4, 0.5) is 11.5 Å². The van der Waals surface area contributed by atoms with Gasteiger partial charge in [0.05, 0.1) is 5.69 Å². The molecule has 3 rings (SSSR count). The summed E-state index contributed by atoms with van der Waals surface area (Å²) in [6, 6.07) is 13.3. The summed E-state index contributed by atoms with van der Waals surface area (Å²) in [5.74, 6) is -0.515. The number of benzene rings is 2. The lowest BCUT2D eigenvalue weighted by atomic mass is 9.94. The molecule has 6 nitrogen and oxygen atoms in total. The molecule has 0 saturated heterocycles. The first-order valence-corrected chi connectivity index (χ1v) is 8.99. The van der Waals surface area contributed by atoms with Crippen molar-refractivity contribution in [1.82, 2.24) is 4.98 Å². The highest BCUT2D eigenvalue weighted by atomic mass is 16.4. The number of aliphatic carboxylic acids is 1. The molecule has 0 aliphatic carbocycles. The fourth-order valence-corrected chi connectivity index (χ4v) is 3.33. The zero-order valence-corrected chi connectivity index (χ0v) is 15.4. The van der Waals surface area contributed by atoms with Gasteiger partial charge >= 0.3 is 5.97 Å². The first-order valence-electron chi connectivity index (χ1n) is 8.99. The normalized spacial score (nSPS) is 11.9. The molecule has 0 unspecified atom stereocenters. The minimum Gasteiger partial charge on any atom is -0.480 e. The Morgan fingerprint density at radius 2 is 1.93 bits per heavy atom. The second kappa shape index (κ2) is 7.95. The molecule has 2 aromatic carbocycles. The van der Waals surface area contributed by atoms with Crippen LogP contribution >= 0.6 is 0 Å². The Bertz CT molecular complexity index is 978. The summed E-state index contributed by atoms with van der Waals surface area (Å²) in [4.78, 5) is 25.6. The monoisotopic (exact) mass is 365 g/mol. The Balaban J connectivity index is 2.25. The number of rotatable bonds is 8. The third-order valence-corrected chi connectivity index (χ3v) is 4.59. The number of H-pyrrole nitrogens is 1. The van der Waals surface area contributed by atoms with Crippen molar-refractivity contribution in [2.24, 2.45) is 0 Å². The first-order chi connectivity index (χ1) is 13.1. The van der Waals surface area contributed by atoms with Gasteiger partial charge in [0.2, 0.25) is 6.41 Å². The van der Waals surface area contributed by atoms with Gasteiger partial charge in [0.25, 0.3) is 0 Å². The fourth-order valence-electron chi connectivity index (χ4n) is 3.33. The van der Waals surface area contributed by atoms with Gasteiger partial charge in [-0.1, -0.05) is 49.7 Å². The minimum absolute atomic E-state index is 0.452. The highest BCUT2D eigenvalue weighted by Crippen LogP contribution is 2.40. The summed E-state index contributed by atoms with van der Waals surface area (Å²) < 4.78 is 0. The van der Waals surface area contributed by atoms with E-state index < -0.39 is 12.0 Å². The Labute approximate surface area is 157 Å². The number of carbonyl (C=O) groups excluding carboxylic acids is 1. The number of anilines is 2. The Hall–Kier alpha value is -3.28. The lowest BCUT2D eigenvalue weighted by Gasteiger charge is -2.15. The van der Waals surface area contributed by atoms with E-state index in [0.29, 0.717) is 17.9 Å². The van der Waals surface area contributed by atoms with Crippen LogP contribution in [-0.4, -0.2) is 28.5 Å². The average molecular weight is 365 g/mol. The number of carboxylic acids is 1. The van der Waals surface area contributed by atoms with E-state index in [2.05, 4.69) is 34.7 Å². The molecule has 140 valence electrons. The number of nitrogens with one attached hydrogen (secondary N) is 3. The Morgan fingerprint density at radius 3 is 2.63 bits per heavy atom. The van der Waals surface area contributed by atoms with Crippen LogP contribution in [0.15, 0.2) is 42.5 Å². The zero-order valence-electron chi connectivity index (χ0n) is 15.4. The number of fused-ring (bicyclic) bond motifs is 1. The molecule has 0 saturated carbocycles. The number of aromatic nitrogens is 1. The van der Waals surface area contributed by atoms with Crippen LogP contribution in [0.5, 0.6) is 0 Å². The van der Waals surface area contributed by atoms with Crippen LogP contribution in [0.3, 0.4) is 0 Å². The van der Waals surface area contributed by atoms with Gasteiger partial charge < -0.3 is 20.7 Å². The van der Waals surface area contributed by atoms with Crippen molar-refractivity contribution in [2.45, 2.75) is 32.7 Å². The van der Waals surface area contributed by atoms with Gasteiger partial charge in [0, 0.05) is 10.9 Å². The molecular formula is C21H23N3O3. The molecule has 27 heavy (non-hydrogen) atoms. The largest absolute Gasteiger partial charge is 0.480 e. The van der Waals surface area contributed by atoms with Crippen molar-refractivity contribution in [3.05, 3.63) is 48.0 Å². The maximum absolute atomic E-state index is 11.4. The highest BCUT2D eigenvalue weighted by molar-refractivity contribution is 6.10. The van der Waals surface area contributed by atoms with Gasteiger partial charge in [0.1, 0.15) is 11.9 Å². The van der Waals surface area contributed by atoms with Crippen LogP contribution in [0.25, 0.3) is 22.0 Å². The third kappa shape index (κ3) is 3.65. The summed E-state index contributed by atoms with van der Waals surface area (Å²) in [7, 11) is 0. The summed E-state index contributed by atoms with van der Waals surface area (Å²) >= 11 is 0. The molecule has 1 heterocycles. The summed E-state index contributed by atoms with van der Waals surface area (Å²) in [6.07, 6.45) is 2.55. The Kier molecular flexibility index (Phi) is 5.45. The number of hydrogen-bond acceptors (Lipinski definition) is 3. The van der Waals surface area contributed by atoms with Crippen LogP contribution in [0, 0.1) is 0 Å². The second-order valence-electron chi connectivity index (χ2n) is 6.48. The molecule has 0 aliphatic rings. The van der Waals surface area contributed by atoms with E-state index in [-0.39, 0.29) is 0 Å². The lowest BCUT2D eigenvalue weighted by molar-refractivity contribution is -0.137. The van der Waals surface area contributed by atoms with Gasteiger partial charge in [-0.2, -0.15) is 0 Å². The number of aryl methyl sites for hydroxylation is 1. The number of carboxylic acid groups (broad SMARTS) is 1. The van der Waals surface area contributed by atoms with Gasteiger partial charge in [-0.25, -0.2) is 0 Å². The van der Waals surface area contributed by atoms with Gasteiger partial charge in [-0.15, -0.1) is 0 Å². The van der Waals surface area contributed by atoms with E-state index in [0.717, 1.165) is 34.9 Å². The maximum atomic E-state index is 11.4. The molecular weight excluding hydrogens is 342 g/mol. The molecule has 1 amide bonds. The van der Waals surface area contributed by atoms with Crippen LogP contribution in [0.1, 0.15) is 25.8 Å². The van der Waals surface area contributed by atoms with Crippen molar-refractivity contribution in [1.29, 1.82) is 0 Å². The quantitative estimate of drug-likeness (QED) is 0.449. The Morgan fingerprint density at radius 1 is 1.19 bits per heavy atom. The molecule has 0 spiro atoms. The van der Waals surface area contributed by atoms with Crippen LogP contribution in [-0.2, 0) is 16.0 Å². The van der Waals surface area contributed by atoms with E-state index in [4.69, 9.17) is 0 Å². The predicted octanol–water partition coefficient (Wildman–Crippen LogP) is 4.24. The topological polar surface area (TPSA) is 94.2 Å². The molecule has 0 radical (unpaired) electrons. The van der Waals surface area contributed by atoms with Gasteiger partial charge in [-0.3, -0.25) is 9.59 Å². The molecule has 1 atom stereocenters. The molecule has 0 fully saturated rings. The number of amides is 1. The molecule has 6 heteroatoms. The SMILES string of the molecule is CCCc1ccccc1-c1cccc2[nH]c(NC=O)c(N[C@@H](C)C(=O)O)c12. The standard InChI is InChI=1S/C21H23N3O3/c1-3-7-14-8-4-5-9-15(14)16-10-6-11-17-18(16)19(20(24-17)22-12-25)23-13(2)21(26)27/h4-6,8-13,23-24H,3,7H2,1-2H3,(H,22,25)(H,26,27)/t13-/m0/s1. The van der Waals surface area contributed by atoms with Gasteiger partial charge in [0.15, 0.2) is 0 Å². The summed E-state index contributed by atoms with van der Waals surface area (Å²) in [6.45, 7) is 3.71. The van der Waals surface area contributed by atoms with E-state index in [1.54, 1.807) is 6.92 Å². The fraction of sp³-hybridized carbons (Fsp3) is 0.238. The smallest absolute Gasteiger partial charge is 0.325 e. The zero-order chi connectivity index (χ0) is 19.4. The third-order valence-electron chi connectivity index (χ3n) is 4.59. The average Bonchev–Trinajstić information content (AvgIpc) is 3.00. The first kappa shape index (κ1) is 18.5. The van der Waals surface area contributed by atoms with Crippen molar-refractivity contribution < 1.29 is 14.7 Å². The van der Waals surface area contributed by atoms with Crippen molar-refractivity contribution >= 4 is 34.8 Å². The van der Waals surface area contributed by atoms with E-state index in [9.17, 15) is 14.7 Å². The molecule has 3 aromatic rings. The molecule has 1 aromatic heterocycles. The van der Waals surface area contributed by atoms with E-state index in [1.165, 1.54) is 5.56 Å². The minimum atomic E-state index is -0.967. The van der Waals surface area contributed by atoms with Gasteiger partial charge in [-0.05, 0) is 36.1 Å². The highest BCUT2D eigenvalue weighted by Gasteiger charge is 2.20. The van der Waals surface area contributed by atoms with Crippen molar-refractivity contribution in [2.75, 3.05) is 10.6 Å². The predicted molar refractivity (Wildman–Crippen MR) is 108 cm³/mol. The molecule has 0 bridgehead atoms. The second-order valence-corrected chi connectivity index (χ2v) is 6.48. The van der Waals surface area contributed by atoms with Crippen molar-refractivity contribution in [3.63, 3.8) is 0 Å². The lowest BCUT2D eigenvalue weighted by Crippen LogP contribution is -2.25. The van der Waals surface area contributed by atoms with Crippen LogP contribution < -0.4 is 10.6 Å². The molecule has 0 aliphatic heterocycles. The number of aromatic amines is 1. The van der Waals surface area contributed by atoms with Crippen LogP contribution in [0.2, 0.25) is 0 Å². The number of carbonyl (C=O) groups is 2. The van der Waals surface area contributed by atoms with Crippen molar-refractivity contribution in [3.8, 4) is 11.1 Å². The number of hydrogen-bond donors (Lipinski definition) is 4. The summed E-state index contributed by atoms with van der Waals surface area (Å²) in [5, 5.41) is 15.8. The van der Waals surface area contributed by atoms with E-state index in [1.807, 2.05) is 30.3 Å². The van der Waals surface area contributed by atoms with E-state index >= 15 is 0 Å². The molecule has 4 N–H and O–H groups in total.